The third-order valence-electron chi connectivity index (χ3n) is 6.86. The van der Waals surface area contributed by atoms with Crippen LogP contribution in [-0.4, -0.2) is 64.0 Å². The molecule has 1 aliphatic rings. The van der Waals surface area contributed by atoms with E-state index in [-0.39, 0.29) is 40.7 Å². The normalized spacial score (nSPS) is 20.6. The molecule has 0 saturated heterocycles. The van der Waals surface area contributed by atoms with Crippen molar-refractivity contribution in [2.45, 2.75) is 82.6 Å². The van der Waals surface area contributed by atoms with Gasteiger partial charge in [-0.15, -0.1) is 0 Å². The van der Waals surface area contributed by atoms with Crippen molar-refractivity contribution in [2.75, 3.05) is 13.3 Å². The lowest BCUT2D eigenvalue weighted by Crippen LogP contribution is -2.50. The molecule has 1 amide bonds. The number of carbonyl (C=O) groups excluding carboxylic acids is 1. The molecule has 2 heterocycles. The summed E-state index contributed by atoms with van der Waals surface area (Å²) < 4.78 is 40.6. The lowest BCUT2D eigenvalue weighted by atomic mass is 9.82. The zero-order valence-corrected chi connectivity index (χ0v) is 28.7. The van der Waals surface area contributed by atoms with E-state index in [2.05, 4.69) is 24.6 Å². The number of carboxylic acids is 1. The first-order valence-electron chi connectivity index (χ1n) is 14.4. The highest BCUT2D eigenvalue weighted by Gasteiger charge is 2.50. The first kappa shape index (κ1) is 35.9. The third-order valence-corrected chi connectivity index (χ3v) is 9.82. The van der Waals surface area contributed by atoms with Gasteiger partial charge >= 0.3 is 12.1 Å². The number of aliphatic carboxylic acids is 1. The molecule has 0 radical (unpaired) electrons. The number of rotatable bonds is 9. The molecular weight excluding hydrogens is 619 g/mol. The van der Waals surface area contributed by atoms with Gasteiger partial charge in [0.2, 0.25) is 0 Å². The second-order valence-corrected chi connectivity index (χ2v) is 20.6. The summed E-state index contributed by atoms with van der Waals surface area (Å²) in [4.78, 5) is 35.9. The molecule has 13 heteroatoms. The number of amidine groups is 1. The van der Waals surface area contributed by atoms with Crippen LogP contribution < -0.4 is 0 Å². The zero-order chi connectivity index (χ0) is 33.8. The number of nitrogens with zero attached hydrogens (tertiary/aromatic N) is 4. The van der Waals surface area contributed by atoms with Crippen molar-refractivity contribution in [1.82, 2.24) is 9.88 Å². The molecule has 2 atom stereocenters. The number of thioether (sulfide) groups is 1. The molecule has 1 aliphatic heterocycles. The van der Waals surface area contributed by atoms with Gasteiger partial charge in [-0.3, -0.25) is 14.8 Å². The number of pyridine rings is 1. The molecule has 0 saturated carbocycles. The molecular formula is C32H40F2N4O5SSi. The van der Waals surface area contributed by atoms with Gasteiger partial charge in [-0.25, -0.2) is 18.5 Å². The zero-order valence-electron chi connectivity index (χ0n) is 26.9. The second-order valence-electron chi connectivity index (χ2n) is 13.5. The Morgan fingerprint density at radius 1 is 1.22 bits per heavy atom. The number of halogens is 2. The quantitative estimate of drug-likeness (QED) is 0.165. The van der Waals surface area contributed by atoms with Gasteiger partial charge in [0.05, 0.1) is 16.8 Å². The Morgan fingerprint density at radius 2 is 1.91 bits per heavy atom. The summed E-state index contributed by atoms with van der Waals surface area (Å²) in [7, 11) is -1.45. The fourth-order valence-electron chi connectivity index (χ4n) is 4.46. The number of benzene rings is 1. The van der Waals surface area contributed by atoms with Crippen LogP contribution in [0.15, 0.2) is 41.5 Å². The summed E-state index contributed by atoms with van der Waals surface area (Å²) in [6.07, 6.45) is 1.49. The first-order chi connectivity index (χ1) is 20.7. The minimum Gasteiger partial charge on any atom is -0.480 e. The first-order valence-corrected chi connectivity index (χ1v) is 18.9. The lowest BCUT2D eigenvalue weighted by molar-refractivity contribution is -0.140. The predicted molar refractivity (Wildman–Crippen MR) is 174 cm³/mol. The molecule has 9 nitrogen and oxygen atoms in total. The van der Waals surface area contributed by atoms with E-state index in [1.165, 1.54) is 43.5 Å². The van der Waals surface area contributed by atoms with E-state index >= 15 is 8.78 Å². The highest BCUT2D eigenvalue weighted by Crippen LogP contribution is 2.48. The van der Waals surface area contributed by atoms with Crippen molar-refractivity contribution < 1.29 is 33.0 Å². The van der Waals surface area contributed by atoms with Crippen molar-refractivity contribution in [3.8, 4) is 6.07 Å². The fourth-order valence-corrected chi connectivity index (χ4v) is 6.55. The van der Waals surface area contributed by atoms with Crippen LogP contribution in [0, 0.1) is 17.1 Å². The Bertz CT molecular complexity index is 1530. The van der Waals surface area contributed by atoms with E-state index in [1.54, 1.807) is 27.7 Å². The Kier molecular flexibility index (Phi) is 11.0. The van der Waals surface area contributed by atoms with E-state index < -0.39 is 47.7 Å². The Morgan fingerprint density at radius 3 is 2.47 bits per heavy atom. The molecule has 3 rings (SSSR count). The number of carbonyl (C=O) groups is 2. The van der Waals surface area contributed by atoms with Crippen molar-refractivity contribution >= 4 is 49.0 Å². The highest BCUT2D eigenvalue weighted by molar-refractivity contribution is 8.15. The largest absolute Gasteiger partial charge is 0.480 e. The average Bonchev–Trinajstić information content (AvgIpc) is 2.91. The van der Waals surface area contributed by atoms with Gasteiger partial charge in [-0.2, -0.15) is 5.26 Å². The molecule has 0 spiro atoms. The smallest absolute Gasteiger partial charge is 0.418 e. The maximum atomic E-state index is 15.6. The highest BCUT2D eigenvalue weighted by atomic mass is 32.2. The molecule has 45 heavy (non-hydrogen) atoms. The van der Waals surface area contributed by atoms with Crippen LogP contribution in [0.25, 0.3) is 11.9 Å². The molecule has 2 aromatic rings. The Labute approximate surface area is 268 Å². The summed E-state index contributed by atoms with van der Waals surface area (Å²) in [5.74, 6) is -2.57. The topological polar surface area (TPSA) is 125 Å². The number of carboxylic acid groups (broad SMARTS) is 1. The van der Waals surface area contributed by atoms with Crippen molar-refractivity contribution in [3.05, 3.63) is 64.7 Å². The van der Waals surface area contributed by atoms with Crippen LogP contribution in [-0.2, 0) is 19.8 Å². The maximum Gasteiger partial charge on any atom is 0.418 e. The minimum atomic E-state index is -1.53. The van der Waals surface area contributed by atoms with Gasteiger partial charge in [0.25, 0.3) is 0 Å². The van der Waals surface area contributed by atoms with Gasteiger partial charge in [-0.05, 0) is 76.6 Å². The monoisotopic (exact) mass is 658 g/mol. The van der Waals surface area contributed by atoms with E-state index in [0.717, 1.165) is 28.8 Å². The van der Waals surface area contributed by atoms with E-state index in [0.29, 0.717) is 6.61 Å². The molecule has 1 aromatic heterocycles. The van der Waals surface area contributed by atoms with E-state index in [1.807, 2.05) is 6.07 Å². The average molecular weight is 659 g/mol. The summed E-state index contributed by atoms with van der Waals surface area (Å²) in [5.41, 5.74) is -1.79. The lowest BCUT2D eigenvalue weighted by Gasteiger charge is -2.41. The van der Waals surface area contributed by atoms with Crippen molar-refractivity contribution in [2.24, 2.45) is 4.99 Å². The van der Waals surface area contributed by atoms with Gasteiger partial charge in [0.15, 0.2) is 5.17 Å². The number of hydrogen-bond donors (Lipinski definition) is 1. The van der Waals surface area contributed by atoms with Crippen LogP contribution in [0.2, 0.25) is 25.7 Å². The van der Waals surface area contributed by atoms with Gasteiger partial charge < -0.3 is 14.6 Å². The standard InChI is InChI=1S/C32H40F2N4O5SSi/c1-30(2,3)43-29(41)38(20-42-13-14-45(6,7)8)28-37-31(4,19-32(5,44-28)27(39)40)23-15-21(9-11-24(23)33)16-25(34)26-12-10-22(17-35)18-36-26/h9-12,15-16,18H,13-14,19-20H2,1-8H3,(H,39,40)/b25-16-/t31-,32?/m0/s1. The van der Waals surface area contributed by atoms with Crippen molar-refractivity contribution in [1.29, 1.82) is 5.26 Å². The van der Waals surface area contributed by atoms with Crippen LogP contribution in [0.1, 0.15) is 63.4 Å². The fraction of sp³-hybridized carbons (Fsp3) is 0.469. The molecule has 0 aliphatic carbocycles. The molecule has 0 bridgehead atoms. The minimum absolute atomic E-state index is 0.00390. The number of aromatic nitrogens is 1. The van der Waals surface area contributed by atoms with Crippen LogP contribution in [0.4, 0.5) is 13.6 Å². The van der Waals surface area contributed by atoms with E-state index in [4.69, 9.17) is 19.7 Å². The summed E-state index contributed by atoms with van der Waals surface area (Å²) >= 11 is 0.865. The second kappa shape index (κ2) is 13.8. The van der Waals surface area contributed by atoms with Crippen LogP contribution in [0.3, 0.4) is 0 Å². The maximum absolute atomic E-state index is 15.6. The number of aliphatic imine (C=N–C) groups is 1. The molecule has 242 valence electrons. The number of hydrogen-bond acceptors (Lipinski definition) is 8. The summed E-state index contributed by atoms with van der Waals surface area (Å²) in [6, 6.07) is 9.49. The van der Waals surface area contributed by atoms with Gasteiger partial charge in [-0.1, -0.05) is 37.5 Å². The van der Waals surface area contributed by atoms with Crippen molar-refractivity contribution in [3.63, 3.8) is 0 Å². The Hall–Kier alpha value is -3.60. The SMILES string of the molecule is CC(C)(C)OC(=O)N(COCC[Si](C)(C)C)C1=N[C@](C)(c2cc(/C=C(\F)c3ccc(C#N)cn3)ccc2F)CC(C)(C(=O)O)S1. The number of ether oxygens (including phenoxy) is 2. The molecule has 1 unspecified atom stereocenters. The van der Waals surface area contributed by atoms with Gasteiger partial charge in [0, 0.05) is 32.9 Å². The molecule has 0 fully saturated rings. The van der Waals surface area contributed by atoms with Crippen LogP contribution >= 0.6 is 11.8 Å². The van der Waals surface area contributed by atoms with Gasteiger partial charge in [0.1, 0.15) is 34.8 Å². The van der Waals surface area contributed by atoms with Crippen LogP contribution in [0.5, 0.6) is 0 Å². The Balaban J connectivity index is 2.09. The molecule has 1 N–H and O–H groups in total. The number of nitriles is 1. The summed E-state index contributed by atoms with van der Waals surface area (Å²) in [6.45, 7) is 14.9. The van der Waals surface area contributed by atoms with E-state index in [9.17, 15) is 14.7 Å². The number of amides is 1. The molecule has 1 aromatic carbocycles. The summed E-state index contributed by atoms with van der Waals surface area (Å²) in [5, 5.41) is 19.3. The predicted octanol–water partition coefficient (Wildman–Crippen LogP) is 7.66. The third kappa shape index (κ3) is 9.69.